The number of hydrogen-bond donors (Lipinski definition) is 2. The lowest BCUT2D eigenvalue weighted by Gasteiger charge is -2.11. The van der Waals surface area contributed by atoms with Gasteiger partial charge >= 0.3 is 0 Å². The highest BCUT2D eigenvalue weighted by atomic mass is 79.9. The van der Waals surface area contributed by atoms with E-state index in [4.69, 9.17) is 4.74 Å². The van der Waals surface area contributed by atoms with Gasteiger partial charge in [-0.1, -0.05) is 12.1 Å². The van der Waals surface area contributed by atoms with Crippen LogP contribution in [0.3, 0.4) is 0 Å². The molecule has 5 nitrogen and oxygen atoms in total. The first-order valence-electron chi connectivity index (χ1n) is 7.11. The Labute approximate surface area is 147 Å². The molecule has 0 aromatic heterocycles. The molecule has 2 amide bonds. The van der Waals surface area contributed by atoms with E-state index in [0.29, 0.717) is 10.2 Å². The molecule has 0 bridgehead atoms. The first kappa shape index (κ1) is 17.9. The number of hydrazine groups is 1. The quantitative estimate of drug-likeness (QED) is 0.783. The van der Waals surface area contributed by atoms with Crippen molar-refractivity contribution in [2.24, 2.45) is 0 Å². The second-order valence-corrected chi connectivity index (χ2v) is 6.04. The zero-order chi connectivity index (χ0) is 17.7. The standard InChI is InChI=1S/C17H16BrFN2O3/c1-10-3-4-11(2)15(7-10)24-9-16(22)20-21-17(23)13-6-5-12(19)8-14(13)18/h3-8H,9H2,1-2H3,(H,20,22)(H,21,23). The normalized spacial score (nSPS) is 10.2. The van der Waals surface area contributed by atoms with Gasteiger partial charge in [-0.25, -0.2) is 4.39 Å². The lowest BCUT2D eigenvalue weighted by Crippen LogP contribution is -2.44. The van der Waals surface area contributed by atoms with Crippen molar-refractivity contribution in [2.45, 2.75) is 13.8 Å². The number of ether oxygens (including phenoxy) is 1. The number of aryl methyl sites for hydroxylation is 2. The number of halogens is 2. The molecule has 0 atom stereocenters. The van der Waals surface area contributed by atoms with Gasteiger partial charge in [0.15, 0.2) is 6.61 Å². The molecule has 0 radical (unpaired) electrons. The summed E-state index contributed by atoms with van der Waals surface area (Å²) in [5.41, 5.74) is 6.63. The summed E-state index contributed by atoms with van der Waals surface area (Å²) in [6, 6.07) is 9.31. The van der Waals surface area contributed by atoms with Crippen LogP contribution in [0.25, 0.3) is 0 Å². The van der Waals surface area contributed by atoms with Crippen molar-refractivity contribution in [3.8, 4) is 5.75 Å². The van der Waals surface area contributed by atoms with Gasteiger partial charge in [0.2, 0.25) is 0 Å². The van der Waals surface area contributed by atoms with Gasteiger partial charge in [-0.3, -0.25) is 20.4 Å². The van der Waals surface area contributed by atoms with Crippen LogP contribution in [0.5, 0.6) is 5.75 Å². The molecular weight excluding hydrogens is 379 g/mol. The van der Waals surface area contributed by atoms with Gasteiger partial charge in [0.05, 0.1) is 5.56 Å². The van der Waals surface area contributed by atoms with Crippen LogP contribution in [0.2, 0.25) is 0 Å². The zero-order valence-corrected chi connectivity index (χ0v) is 14.7. The summed E-state index contributed by atoms with van der Waals surface area (Å²) in [5, 5.41) is 0. The highest BCUT2D eigenvalue weighted by Crippen LogP contribution is 2.19. The summed E-state index contributed by atoms with van der Waals surface area (Å²) >= 11 is 3.09. The monoisotopic (exact) mass is 394 g/mol. The van der Waals surface area contributed by atoms with E-state index in [2.05, 4.69) is 26.8 Å². The second-order valence-electron chi connectivity index (χ2n) is 5.18. The number of nitrogens with one attached hydrogen (secondary N) is 2. The fraction of sp³-hybridized carbons (Fsp3) is 0.176. The van der Waals surface area contributed by atoms with Crippen LogP contribution in [0.15, 0.2) is 40.9 Å². The number of benzene rings is 2. The molecule has 2 N–H and O–H groups in total. The minimum absolute atomic E-state index is 0.201. The third-order valence-electron chi connectivity index (χ3n) is 3.19. The van der Waals surface area contributed by atoms with Crippen LogP contribution in [-0.4, -0.2) is 18.4 Å². The van der Waals surface area contributed by atoms with Crippen LogP contribution < -0.4 is 15.6 Å². The highest BCUT2D eigenvalue weighted by Gasteiger charge is 2.12. The molecular formula is C17H16BrFN2O3. The van der Waals surface area contributed by atoms with Crippen molar-refractivity contribution in [3.05, 3.63) is 63.4 Å². The van der Waals surface area contributed by atoms with Crippen LogP contribution in [0.1, 0.15) is 21.5 Å². The van der Waals surface area contributed by atoms with Crippen LogP contribution in [-0.2, 0) is 4.79 Å². The molecule has 0 aliphatic rings. The molecule has 2 aromatic rings. The first-order chi connectivity index (χ1) is 11.4. The number of hydrogen-bond acceptors (Lipinski definition) is 3. The van der Waals surface area contributed by atoms with Crippen molar-refractivity contribution in [2.75, 3.05) is 6.61 Å². The maximum atomic E-state index is 13.0. The lowest BCUT2D eigenvalue weighted by atomic mass is 10.1. The van der Waals surface area contributed by atoms with Crippen molar-refractivity contribution in [1.82, 2.24) is 10.9 Å². The third kappa shape index (κ3) is 4.79. The Balaban J connectivity index is 1.86. The fourth-order valence-electron chi connectivity index (χ4n) is 1.91. The minimum atomic E-state index is -0.568. The van der Waals surface area contributed by atoms with E-state index in [-0.39, 0.29) is 12.2 Å². The maximum absolute atomic E-state index is 13.0. The van der Waals surface area contributed by atoms with E-state index < -0.39 is 17.6 Å². The van der Waals surface area contributed by atoms with Gasteiger partial charge in [-0.2, -0.15) is 0 Å². The number of carbonyl (C=O) groups excluding carboxylic acids is 2. The van der Waals surface area contributed by atoms with E-state index in [1.807, 2.05) is 32.0 Å². The smallest absolute Gasteiger partial charge is 0.276 e. The van der Waals surface area contributed by atoms with E-state index in [1.54, 1.807) is 0 Å². The van der Waals surface area contributed by atoms with Gasteiger partial charge in [0.1, 0.15) is 11.6 Å². The predicted octanol–water partition coefficient (Wildman–Crippen LogP) is 3.05. The van der Waals surface area contributed by atoms with Crippen molar-refractivity contribution < 1.29 is 18.7 Å². The largest absolute Gasteiger partial charge is 0.483 e. The van der Waals surface area contributed by atoms with Gasteiger partial charge in [0, 0.05) is 4.47 Å². The average molecular weight is 395 g/mol. The summed E-state index contributed by atoms with van der Waals surface area (Å²) in [4.78, 5) is 23.7. The Kier molecular flexibility index (Phi) is 5.92. The predicted molar refractivity (Wildman–Crippen MR) is 91.1 cm³/mol. The molecule has 0 saturated heterocycles. The fourth-order valence-corrected chi connectivity index (χ4v) is 2.44. The summed E-state index contributed by atoms with van der Waals surface area (Å²) in [6.07, 6.45) is 0. The molecule has 0 heterocycles. The van der Waals surface area contributed by atoms with Crippen LogP contribution >= 0.6 is 15.9 Å². The van der Waals surface area contributed by atoms with E-state index in [0.717, 1.165) is 17.2 Å². The Morgan fingerprint density at radius 3 is 2.58 bits per heavy atom. The molecule has 2 rings (SSSR count). The average Bonchev–Trinajstić information content (AvgIpc) is 2.53. The summed E-state index contributed by atoms with van der Waals surface area (Å²) in [5.74, 6) is -0.938. The number of rotatable bonds is 4. The van der Waals surface area contributed by atoms with Crippen molar-refractivity contribution in [1.29, 1.82) is 0 Å². The van der Waals surface area contributed by atoms with E-state index >= 15 is 0 Å². The lowest BCUT2D eigenvalue weighted by molar-refractivity contribution is -0.123. The minimum Gasteiger partial charge on any atom is -0.483 e. The molecule has 7 heteroatoms. The molecule has 24 heavy (non-hydrogen) atoms. The first-order valence-corrected chi connectivity index (χ1v) is 7.90. The van der Waals surface area contributed by atoms with E-state index in [1.165, 1.54) is 12.1 Å². The molecule has 2 aromatic carbocycles. The molecule has 0 fully saturated rings. The summed E-state index contributed by atoms with van der Waals surface area (Å²) in [7, 11) is 0. The molecule has 0 aliphatic carbocycles. The Hall–Kier alpha value is -2.41. The Bertz CT molecular complexity index is 780. The molecule has 126 valence electrons. The van der Waals surface area contributed by atoms with Crippen LogP contribution in [0.4, 0.5) is 4.39 Å². The van der Waals surface area contributed by atoms with Gasteiger partial charge in [-0.15, -0.1) is 0 Å². The summed E-state index contributed by atoms with van der Waals surface area (Å²) in [6.45, 7) is 3.56. The molecule has 0 aliphatic heterocycles. The SMILES string of the molecule is Cc1ccc(C)c(OCC(=O)NNC(=O)c2ccc(F)cc2Br)c1. The van der Waals surface area contributed by atoms with Crippen molar-refractivity contribution >= 4 is 27.7 Å². The van der Waals surface area contributed by atoms with Gasteiger partial charge < -0.3 is 4.74 Å². The molecule has 0 unspecified atom stereocenters. The molecule has 0 spiro atoms. The van der Waals surface area contributed by atoms with Crippen molar-refractivity contribution in [3.63, 3.8) is 0 Å². The van der Waals surface area contributed by atoms with Gasteiger partial charge in [-0.05, 0) is 65.2 Å². The third-order valence-corrected chi connectivity index (χ3v) is 3.85. The zero-order valence-electron chi connectivity index (χ0n) is 13.2. The topological polar surface area (TPSA) is 67.4 Å². The Morgan fingerprint density at radius 2 is 1.88 bits per heavy atom. The summed E-state index contributed by atoms with van der Waals surface area (Å²) < 4.78 is 18.7. The number of amides is 2. The second kappa shape index (κ2) is 7.92. The van der Waals surface area contributed by atoms with Crippen LogP contribution in [0, 0.1) is 19.7 Å². The highest BCUT2D eigenvalue weighted by molar-refractivity contribution is 9.10. The van der Waals surface area contributed by atoms with Gasteiger partial charge in [0.25, 0.3) is 11.8 Å². The van der Waals surface area contributed by atoms with E-state index in [9.17, 15) is 14.0 Å². The maximum Gasteiger partial charge on any atom is 0.276 e. The number of carbonyl (C=O) groups is 2. The molecule has 0 saturated carbocycles. The Morgan fingerprint density at radius 1 is 1.12 bits per heavy atom.